The Labute approximate surface area is 165 Å². The second kappa shape index (κ2) is 8.73. The van der Waals surface area contributed by atoms with E-state index in [2.05, 4.69) is 5.48 Å². The second-order valence-electron chi connectivity index (χ2n) is 7.56. The van der Waals surface area contributed by atoms with Gasteiger partial charge in [-0.15, -0.1) is 0 Å². The summed E-state index contributed by atoms with van der Waals surface area (Å²) in [6.07, 6.45) is -4.32. The average Bonchev–Trinajstić information content (AvgIpc) is 2.89. The lowest BCUT2D eigenvalue weighted by Crippen LogP contribution is -2.30. The molecule has 0 radical (unpaired) electrons. The number of hydrogen-bond acceptors (Lipinski definition) is 5. The molecule has 1 saturated carbocycles. The minimum atomic E-state index is -4.46. The molecular formula is C20H24F3NO5. The third-order valence-electron chi connectivity index (χ3n) is 5.68. The van der Waals surface area contributed by atoms with Crippen molar-refractivity contribution in [2.24, 2.45) is 11.8 Å². The normalized spacial score (nSPS) is 24.8. The lowest BCUT2D eigenvalue weighted by Gasteiger charge is -2.32. The summed E-state index contributed by atoms with van der Waals surface area (Å²) in [5.74, 6) is -0.883. The smallest absolute Gasteiger partial charge is 0.416 e. The predicted molar refractivity (Wildman–Crippen MR) is 96.2 cm³/mol. The Hall–Kier alpha value is -2.10. The van der Waals surface area contributed by atoms with Gasteiger partial charge in [0.25, 0.3) is 0 Å². The molecule has 1 aromatic carbocycles. The molecule has 0 amide bonds. The first-order chi connectivity index (χ1) is 13.7. The number of aliphatic hydroxyl groups is 2. The van der Waals surface area contributed by atoms with E-state index in [0.717, 1.165) is 23.4 Å². The van der Waals surface area contributed by atoms with Gasteiger partial charge in [0.2, 0.25) is 0 Å². The fraction of sp³-hybridized carbons (Fsp3) is 0.550. The maximum Gasteiger partial charge on any atom is 0.416 e. The molecule has 29 heavy (non-hydrogen) atoms. The largest absolute Gasteiger partial charge is 0.481 e. The molecule has 0 spiro atoms. The van der Waals surface area contributed by atoms with Crippen molar-refractivity contribution >= 4 is 5.97 Å². The predicted octanol–water partition coefficient (Wildman–Crippen LogP) is 3.17. The van der Waals surface area contributed by atoms with Crippen molar-refractivity contribution < 1.29 is 38.1 Å². The molecule has 2 aliphatic rings. The highest BCUT2D eigenvalue weighted by Gasteiger charge is 2.45. The number of nitrogens with one attached hydrogen (secondary N) is 1. The van der Waals surface area contributed by atoms with Gasteiger partial charge in [-0.05, 0) is 60.8 Å². The van der Waals surface area contributed by atoms with Crippen molar-refractivity contribution in [2.45, 2.75) is 50.5 Å². The summed E-state index contributed by atoms with van der Waals surface area (Å²) < 4.78 is 38.5. The van der Waals surface area contributed by atoms with Crippen LogP contribution in [0.5, 0.6) is 0 Å². The zero-order valence-corrected chi connectivity index (χ0v) is 15.7. The molecule has 0 heterocycles. The summed E-state index contributed by atoms with van der Waals surface area (Å²) in [5.41, 5.74) is 4.05. The third-order valence-corrected chi connectivity index (χ3v) is 5.68. The average molecular weight is 415 g/mol. The lowest BCUT2D eigenvalue weighted by molar-refractivity contribution is -0.139. The summed E-state index contributed by atoms with van der Waals surface area (Å²) in [5, 5.41) is 29.3. The van der Waals surface area contributed by atoms with Crippen LogP contribution < -0.4 is 5.48 Å². The standard InChI is InChI=1S/C20H24F3NO5/c21-20(22,23)12-3-1-2-11(8-12)17(25)5-4-13-14-9-16(15(14)10-18(13)26)24-29-7-6-19(27)28/h1-3,8,13-14,17-18,24-26H,4-7,9-10H2,(H,27,28). The van der Waals surface area contributed by atoms with E-state index in [1.807, 2.05) is 0 Å². The number of hydrogen-bond donors (Lipinski definition) is 4. The van der Waals surface area contributed by atoms with Crippen molar-refractivity contribution in [1.82, 2.24) is 5.48 Å². The number of alkyl halides is 3. The van der Waals surface area contributed by atoms with Gasteiger partial charge in [0.1, 0.15) is 0 Å². The van der Waals surface area contributed by atoms with E-state index in [4.69, 9.17) is 9.94 Å². The molecule has 2 aliphatic carbocycles. The highest BCUT2D eigenvalue weighted by atomic mass is 19.4. The summed E-state index contributed by atoms with van der Waals surface area (Å²) in [6.45, 7) is 0.0337. The van der Waals surface area contributed by atoms with Gasteiger partial charge in [-0.1, -0.05) is 12.1 Å². The highest BCUT2D eigenvalue weighted by molar-refractivity contribution is 5.66. The number of aliphatic carboxylic acids is 1. The van der Waals surface area contributed by atoms with Crippen molar-refractivity contribution in [1.29, 1.82) is 0 Å². The zero-order valence-electron chi connectivity index (χ0n) is 15.7. The first-order valence-electron chi connectivity index (χ1n) is 9.51. The van der Waals surface area contributed by atoms with Crippen molar-refractivity contribution in [3.8, 4) is 0 Å². The monoisotopic (exact) mass is 415 g/mol. The first kappa shape index (κ1) is 21.6. The Balaban J connectivity index is 1.52. The van der Waals surface area contributed by atoms with Crippen LogP contribution >= 0.6 is 0 Å². The number of benzene rings is 1. The van der Waals surface area contributed by atoms with Crippen molar-refractivity contribution in [3.63, 3.8) is 0 Å². The molecule has 4 atom stereocenters. The number of aliphatic hydroxyl groups excluding tert-OH is 2. The van der Waals surface area contributed by atoms with E-state index in [9.17, 15) is 28.2 Å². The van der Waals surface area contributed by atoms with Gasteiger partial charge in [0.15, 0.2) is 0 Å². The van der Waals surface area contributed by atoms with Gasteiger partial charge in [0.05, 0.1) is 30.8 Å². The fourth-order valence-electron chi connectivity index (χ4n) is 4.11. The minimum Gasteiger partial charge on any atom is -0.481 e. The van der Waals surface area contributed by atoms with E-state index < -0.39 is 29.9 Å². The first-order valence-corrected chi connectivity index (χ1v) is 9.51. The van der Waals surface area contributed by atoms with Crippen LogP contribution in [0.1, 0.15) is 49.3 Å². The summed E-state index contributed by atoms with van der Waals surface area (Å²) in [6, 6.07) is 4.67. The van der Waals surface area contributed by atoms with Gasteiger partial charge in [0, 0.05) is 5.70 Å². The molecule has 4 unspecified atom stereocenters. The molecule has 0 aromatic heterocycles. The van der Waals surface area contributed by atoms with Crippen LogP contribution in [-0.2, 0) is 15.8 Å². The van der Waals surface area contributed by atoms with E-state index in [1.54, 1.807) is 0 Å². The molecule has 4 N–H and O–H groups in total. The van der Waals surface area contributed by atoms with Gasteiger partial charge >= 0.3 is 12.1 Å². The quantitative estimate of drug-likeness (QED) is 0.365. The number of fused-ring (bicyclic) bond motifs is 1. The summed E-state index contributed by atoms with van der Waals surface area (Å²) in [7, 11) is 0. The molecular weight excluding hydrogens is 391 g/mol. The molecule has 1 aromatic rings. The van der Waals surface area contributed by atoms with E-state index in [-0.39, 0.29) is 36.8 Å². The van der Waals surface area contributed by atoms with Crippen LogP contribution in [-0.4, -0.2) is 34.0 Å². The molecule has 1 fully saturated rings. The second-order valence-corrected chi connectivity index (χ2v) is 7.56. The fourth-order valence-corrected chi connectivity index (χ4v) is 4.11. The lowest BCUT2D eigenvalue weighted by atomic mass is 9.77. The van der Waals surface area contributed by atoms with E-state index in [0.29, 0.717) is 19.3 Å². The van der Waals surface area contributed by atoms with Crippen LogP contribution in [0.3, 0.4) is 0 Å². The highest BCUT2D eigenvalue weighted by Crippen LogP contribution is 2.51. The SMILES string of the molecule is O=C(O)CCONC1=C2CC(O)C(CCC(O)c3cccc(C(F)(F)F)c3)C2C1. The molecule has 0 aliphatic heterocycles. The Bertz CT molecular complexity index is 780. The van der Waals surface area contributed by atoms with Crippen LogP contribution in [0, 0.1) is 11.8 Å². The topological polar surface area (TPSA) is 99.0 Å². The third kappa shape index (κ3) is 5.09. The Kier molecular flexibility index (Phi) is 6.50. The molecule has 9 heteroatoms. The number of allylic oxidation sites excluding steroid dienone is 1. The number of hydroxylamine groups is 1. The van der Waals surface area contributed by atoms with Crippen LogP contribution in [0.15, 0.2) is 35.5 Å². The van der Waals surface area contributed by atoms with Crippen molar-refractivity contribution in [2.75, 3.05) is 6.61 Å². The van der Waals surface area contributed by atoms with Crippen LogP contribution in [0.2, 0.25) is 0 Å². The van der Waals surface area contributed by atoms with Gasteiger partial charge < -0.3 is 15.3 Å². The number of rotatable bonds is 9. The summed E-state index contributed by atoms with van der Waals surface area (Å²) in [4.78, 5) is 15.6. The van der Waals surface area contributed by atoms with Crippen molar-refractivity contribution in [3.05, 3.63) is 46.7 Å². The Morgan fingerprint density at radius 1 is 1.31 bits per heavy atom. The molecule has 0 bridgehead atoms. The summed E-state index contributed by atoms with van der Waals surface area (Å²) >= 11 is 0. The van der Waals surface area contributed by atoms with Gasteiger partial charge in [-0.2, -0.15) is 13.2 Å². The van der Waals surface area contributed by atoms with Crippen LogP contribution in [0.25, 0.3) is 0 Å². The van der Waals surface area contributed by atoms with Crippen LogP contribution in [0.4, 0.5) is 13.2 Å². The van der Waals surface area contributed by atoms with Gasteiger partial charge in [-0.25, -0.2) is 0 Å². The number of carbonyl (C=O) groups is 1. The molecule has 3 rings (SSSR count). The van der Waals surface area contributed by atoms with E-state index in [1.165, 1.54) is 12.1 Å². The zero-order chi connectivity index (χ0) is 21.2. The molecule has 0 saturated heterocycles. The maximum atomic E-state index is 12.8. The molecule has 160 valence electrons. The number of halogens is 3. The Morgan fingerprint density at radius 2 is 2.07 bits per heavy atom. The number of carboxylic acid groups (broad SMARTS) is 1. The van der Waals surface area contributed by atoms with Gasteiger partial charge in [-0.3, -0.25) is 15.1 Å². The molecule has 6 nitrogen and oxygen atoms in total. The maximum absolute atomic E-state index is 12.8. The van der Waals surface area contributed by atoms with E-state index >= 15 is 0 Å². The minimum absolute atomic E-state index is 0.0337. The number of carboxylic acids is 1. The Morgan fingerprint density at radius 3 is 2.76 bits per heavy atom.